The standard InChI is InChI=1S/C14H14N4O/c15-9-14(7-3-4-8-14)13(19)17-18-10-16-11-5-1-2-6-12(11)18/h1-2,5-6,10H,3-4,7-8H2,(H,17,19). The van der Waals surface area contributed by atoms with Crippen LogP contribution >= 0.6 is 0 Å². The van der Waals surface area contributed by atoms with Gasteiger partial charge in [-0.05, 0) is 25.0 Å². The predicted molar refractivity (Wildman–Crippen MR) is 70.6 cm³/mol. The van der Waals surface area contributed by atoms with Gasteiger partial charge in [0.05, 0.1) is 17.1 Å². The van der Waals surface area contributed by atoms with Crippen molar-refractivity contribution in [1.29, 1.82) is 5.26 Å². The van der Waals surface area contributed by atoms with E-state index in [-0.39, 0.29) is 5.91 Å². The Labute approximate surface area is 110 Å². The molecule has 1 aliphatic carbocycles. The largest absolute Gasteiger partial charge is 0.271 e. The summed E-state index contributed by atoms with van der Waals surface area (Å²) in [7, 11) is 0. The molecule has 19 heavy (non-hydrogen) atoms. The van der Waals surface area contributed by atoms with Crippen LogP contribution in [0, 0.1) is 16.7 Å². The van der Waals surface area contributed by atoms with E-state index in [4.69, 9.17) is 0 Å². The molecular formula is C14H14N4O. The summed E-state index contributed by atoms with van der Waals surface area (Å²) in [5, 5.41) is 9.29. The van der Waals surface area contributed by atoms with Gasteiger partial charge in [-0.1, -0.05) is 25.0 Å². The van der Waals surface area contributed by atoms with Gasteiger partial charge in [-0.25, -0.2) is 9.66 Å². The average Bonchev–Trinajstić information content (AvgIpc) is 3.07. The van der Waals surface area contributed by atoms with E-state index >= 15 is 0 Å². The highest BCUT2D eigenvalue weighted by Gasteiger charge is 2.41. The van der Waals surface area contributed by atoms with Crippen molar-refractivity contribution in [3.8, 4) is 6.07 Å². The van der Waals surface area contributed by atoms with Crippen LogP contribution in [0.15, 0.2) is 30.6 Å². The normalized spacial score (nSPS) is 17.2. The molecule has 0 bridgehead atoms. The fraction of sp³-hybridized carbons (Fsp3) is 0.357. The van der Waals surface area contributed by atoms with Gasteiger partial charge in [0, 0.05) is 0 Å². The molecule has 1 aromatic heterocycles. The Morgan fingerprint density at radius 2 is 2.11 bits per heavy atom. The van der Waals surface area contributed by atoms with E-state index in [2.05, 4.69) is 16.5 Å². The van der Waals surface area contributed by atoms with Gasteiger partial charge >= 0.3 is 0 Å². The molecule has 0 spiro atoms. The number of imidazole rings is 1. The second-order valence-electron chi connectivity index (χ2n) is 4.95. The average molecular weight is 254 g/mol. The summed E-state index contributed by atoms with van der Waals surface area (Å²) in [6.07, 6.45) is 4.73. The third-order valence-electron chi connectivity index (χ3n) is 3.78. The number of para-hydroxylation sites is 2. The first kappa shape index (κ1) is 11.7. The summed E-state index contributed by atoms with van der Waals surface area (Å²) in [6.45, 7) is 0. The quantitative estimate of drug-likeness (QED) is 0.893. The fourth-order valence-corrected chi connectivity index (χ4v) is 2.63. The molecule has 1 aliphatic rings. The van der Waals surface area contributed by atoms with Gasteiger partial charge in [-0.3, -0.25) is 10.2 Å². The number of nitrogens with zero attached hydrogens (tertiary/aromatic N) is 3. The number of benzene rings is 1. The molecule has 0 aliphatic heterocycles. The number of carbonyl (C=O) groups is 1. The van der Waals surface area contributed by atoms with Crippen molar-refractivity contribution in [2.45, 2.75) is 25.7 Å². The number of hydrogen-bond acceptors (Lipinski definition) is 3. The van der Waals surface area contributed by atoms with Gasteiger partial charge < -0.3 is 0 Å². The van der Waals surface area contributed by atoms with Crippen LogP contribution in [0.4, 0.5) is 0 Å². The van der Waals surface area contributed by atoms with Crippen molar-refractivity contribution in [2.24, 2.45) is 5.41 Å². The topological polar surface area (TPSA) is 70.7 Å². The Balaban J connectivity index is 1.89. The van der Waals surface area contributed by atoms with Gasteiger partial charge in [-0.2, -0.15) is 5.26 Å². The second kappa shape index (κ2) is 4.39. The molecule has 1 aromatic carbocycles. The van der Waals surface area contributed by atoms with Crippen LogP contribution in [0.3, 0.4) is 0 Å². The van der Waals surface area contributed by atoms with Crippen molar-refractivity contribution < 1.29 is 4.79 Å². The maximum Gasteiger partial charge on any atom is 0.259 e. The summed E-state index contributed by atoms with van der Waals surface area (Å²) in [4.78, 5) is 16.5. The van der Waals surface area contributed by atoms with Gasteiger partial charge in [0.2, 0.25) is 0 Å². The van der Waals surface area contributed by atoms with Crippen molar-refractivity contribution in [2.75, 3.05) is 5.43 Å². The minimum atomic E-state index is -0.870. The highest BCUT2D eigenvalue weighted by molar-refractivity contribution is 5.93. The van der Waals surface area contributed by atoms with E-state index in [1.165, 1.54) is 0 Å². The third-order valence-corrected chi connectivity index (χ3v) is 3.78. The molecule has 1 heterocycles. The lowest BCUT2D eigenvalue weighted by Gasteiger charge is -2.19. The third kappa shape index (κ3) is 1.85. The molecule has 1 amide bonds. The Hall–Kier alpha value is -2.35. The zero-order valence-electron chi connectivity index (χ0n) is 10.5. The van der Waals surface area contributed by atoms with Crippen LogP contribution in [0.1, 0.15) is 25.7 Å². The molecule has 3 rings (SSSR count). The lowest BCUT2D eigenvalue weighted by molar-refractivity contribution is -0.123. The lowest BCUT2D eigenvalue weighted by atomic mass is 9.87. The molecule has 1 N–H and O–H groups in total. The molecular weight excluding hydrogens is 240 g/mol. The molecule has 5 nitrogen and oxygen atoms in total. The zero-order chi connectivity index (χ0) is 13.3. The van der Waals surface area contributed by atoms with E-state index < -0.39 is 5.41 Å². The summed E-state index contributed by atoms with van der Waals surface area (Å²) in [5.41, 5.74) is 3.58. The Morgan fingerprint density at radius 3 is 2.84 bits per heavy atom. The Morgan fingerprint density at radius 1 is 1.37 bits per heavy atom. The first-order valence-electron chi connectivity index (χ1n) is 6.40. The molecule has 96 valence electrons. The first-order chi connectivity index (χ1) is 9.25. The van der Waals surface area contributed by atoms with Gasteiger partial charge in [-0.15, -0.1) is 0 Å². The fourth-order valence-electron chi connectivity index (χ4n) is 2.63. The molecule has 1 saturated carbocycles. The summed E-state index contributed by atoms with van der Waals surface area (Å²) in [6, 6.07) is 9.75. The number of nitriles is 1. The Bertz CT molecular complexity index is 661. The number of carbonyl (C=O) groups excluding carboxylic acids is 1. The van der Waals surface area contributed by atoms with Crippen molar-refractivity contribution in [1.82, 2.24) is 9.66 Å². The van der Waals surface area contributed by atoms with Gasteiger partial charge in [0.25, 0.3) is 5.91 Å². The van der Waals surface area contributed by atoms with Crippen LogP contribution in [-0.4, -0.2) is 15.6 Å². The highest BCUT2D eigenvalue weighted by atomic mass is 16.2. The SMILES string of the molecule is N#CC1(C(=O)Nn2cnc3ccccc32)CCCC1. The van der Waals surface area contributed by atoms with Gasteiger partial charge in [0.15, 0.2) is 0 Å². The molecule has 0 saturated heterocycles. The molecule has 5 heteroatoms. The van der Waals surface area contributed by atoms with Crippen LogP contribution in [0.25, 0.3) is 11.0 Å². The number of fused-ring (bicyclic) bond motifs is 1. The number of amides is 1. The molecule has 1 fully saturated rings. The van der Waals surface area contributed by atoms with Crippen molar-refractivity contribution in [3.05, 3.63) is 30.6 Å². The van der Waals surface area contributed by atoms with Gasteiger partial charge in [0.1, 0.15) is 11.7 Å². The Kier molecular flexibility index (Phi) is 2.71. The highest BCUT2D eigenvalue weighted by Crippen LogP contribution is 2.37. The minimum absolute atomic E-state index is 0.226. The van der Waals surface area contributed by atoms with Crippen molar-refractivity contribution in [3.63, 3.8) is 0 Å². The molecule has 0 atom stereocenters. The summed E-state index contributed by atoms with van der Waals surface area (Å²) < 4.78 is 1.59. The maximum absolute atomic E-state index is 12.3. The monoisotopic (exact) mass is 254 g/mol. The minimum Gasteiger partial charge on any atom is -0.271 e. The number of nitrogens with one attached hydrogen (secondary N) is 1. The number of hydrogen-bond donors (Lipinski definition) is 1. The molecule has 0 unspecified atom stereocenters. The lowest BCUT2D eigenvalue weighted by Crippen LogP contribution is -2.36. The summed E-state index contributed by atoms with van der Waals surface area (Å²) >= 11 is 0. The van der Waals surface area contributed by atoms with Crippen LogP contribution in [0.5, 0.6) is 0 Å². The molecule has 0 radical (unpaired) electrons. The van der Waals surface area contributed by atoms with E-state index in [1.54, 1.807) is 11.0 Å². The number of rotatable bonds is 2. The smallest absolute Gasteiger partial charge is 0.259 e. The van der Waals surface area contributed by atoms with E-state index in [9.17, 15) is 10.1 Å². The van der Waals surface area contributed by atoms with E-state index in [0.29, 0.717) is 12.8 Å². The van der Waals surface area contributed by atoms with Crippen molar-refractivity contribution >= 4 is 16.9 Å². The van der Waals surface area contributed by atoms with Crippen LogP contribution in [0.2, 0.25) is 0 Å². The van der Waals surface area contributed by atoms with E-state index in [0.717, 1.165) is 23.9 Å². The predicted octanol–water partition coefficient (Wildman–Crippen LogP) is 2.19. The zero-order valence-corrected chi connectivity index (χ0v) is 10.5. The van der Waals surface area contributed by atoms with Crippen LogP contribution in [-0.2, 0) is 4.79 Å². The summed E-state index contributed by atoms with van der Waals surface area (Å²) in [5.74, 6) is -0.226. The van der Waals surface area contributed by atoms with Crippen LogP contribution < -0.4 is 5.43 Å². The number of aromatic nitrogens is 2. The maximum atomic E-state index is 12.3. The second-order valence-corrected chi connectivity index (χ2v) is 4.95. The molecule has 2 aromatic rings. The van der Waals surface area contributed by atoms with E-state index in [1.807, 2.05) is 24.3 Å². The first-order valence-corrected chi connectivity index (χ1v) is 6.40.